The van der Waals surface area contributed by atoms with Gasteiger partial charge in [-0.25, -0.2) is 0 Å². The van der Waals surface area contributed by atoms with Crippen LogP contribution >= 0.6 is 11.6 Å². The average molecular weight is 148 g/mol. The Morgan fingerprint density at radius 3 is 2.44 bits per heavy atom. The molecule has 0 spiro atoms. The molecule has 1 aliphatic rings. The van der Waals surface area contributed by atoms with Crippen LogP contribution in [0.15, 0.2) is 0 Å². The zero-order valence-corrected chi connectivity index (χ0v) is 6.62. The largest absolute Gasteiger partial charge is 0.304 e. The normalized spacial score (nSPS) is 24.7. The van der Waals surface area contributed by atoms with E-state index in [0.29, 0.717) is 0 Å². The van der Waals surface area contributed by atoms with Crippen LogP contribution in [0, 0.1) is 5.92 Å². The van der Waals surface area contributed by atoms with Gasteiger partial charge in [0.05, 0.1) is 5.50 Å². The van der Waals surface area contributed by atoms with E-state index in [1.54, 1.807) is 0 Å². The van der Waals surface area contributed by atoms with Gasteiger partial charge in [0, 0.05) is 0 Å². The maximum absolute atomic E-state index is 5.96. The van der Waals surface area contributed by atoms with Gasteiger partial charge in [-0.2, -0.15) is 0 Å². The summed E-state index contributed by atoms with van der Waals surface area (Å²) in [5.74, 6) is 0.733. The van der Waals surface area contributed by atoms with Gasteiger partial charge in [-0.05, 0) is 25.8 Å². The molecule has 0 aromatic rings. The lowest BCUT2D eigenvalue weighted by Gasteiger charge is -2.14. The van der Waals surface area contributed by atoms with E-state index in [2.05, 4.69) is 5.32 Å². The molecule has 9 heavy (non-hydrogen) atoms. The lowest BCUT2D eigenvalue weighted by molar-refractivity contribution is 0.475. The van der Waals surface area contributed by atoms with Gasteiger partial charge in [-0.15, -0.1) is 11.6 Å². The molecule has 0 amide bonds. The third-order valence-electron chi connectivity index (χ3n) is 2.09. The molecule has 0 aliphatic heterocycles. The van der Waals surface area contributed by atoms with Crippen molar-refractivity contribution in [3.8, 4) is 0 Å². The van der Waals surface area contributed by atoms with Crippen LogP contribution in [0.1, 0.15) is 25.7 Å². The number of halogens is 1. The van der Waals surface area contributed by atoms with Gasteiger partial charge in [0.25, 0.3) is 0 Å². The predicted octanol–water partition coefficient (Wildman–Crippen LogP) is 1.96. The van der Waals surface area contributed by atoms with Crippen molar-refractivity contribution in [1.82, 2.24) is 5.32 Å². The first kappa shape index (κ1) is 7.36. The van der Waals surface area contributed by atoms with E-state index in [-0.39, 0.29) is 5.50 Å². The minimum atomic E-state index is 0.215. The fraction of sp³-hybridized carbons (Fsp3) is 1.00. The summed E-state index contributed by atoms with van der Waals surface area (Å²) in [4.78, 5) is 0. The van der Waals surface area contributed by atoms with E-state index in [4.69, 9.17) is 11.6 Å². The molecule has 0 heterocycles. The van der Waals surface area contributed by atoms with Gasteiger partial charge < -0.3 is 5.32 Å². The Labute approximate surface area is 61.8 Å². The van der Waals surface area contributed by atoms with Crippen LogP contribution in [0.5, 0.6) is 0 Å². The topological polar surface area (TPSA) is 12.0 Å². The smallest absolute Gasteiger partial charge is 0.0851 e. The Morgan fingerprint density at radius 1 is 1.44 bits per heavy atom. The summed E-state index contributed by atoms with van der Waals surface area (Å²) in [6.45, 7) is 0. The number of alkyl halides is 1. The second-order valence-electron chi connectivity index (χ2n) is 2.73. The molecule has 2 heteroatoms. The van der Waals surface area contributed by atoms with Gasteiger partial charge in [0.2, 0.25) is 0 Å². The summed E-state index contributed by atoms with van der Waals surface area (Å²) in [5, 5.41) is 3.07. The summed E-state index contributed by atoms with van der Waals surface area (Å²) in [5.41, 5.74) is 0.215. The zero-order chi connectivity index (χ0) is 6.69. The van der Waals surface area contributed by atoms with E-state index < -0.39 is 0 Å². The molecule has 1 rings (SSSR count). The Balaban J connectivity index is 2.24. The van der Waals surface area contributed by atoms with Crippen LogP contribution < -0.4 is 5.32 Å². The van der Waals surface area contributed by atoms with Gasteiger partial charge >= 0.3 is 0 Å². The van der Waals surface area contributed by atoms with Crippen LogP contribution in [0.4, 0.5) is 0 Å². The highest BCUT2D eigenvalue weighted by Crippen LogP contribution is 2.28. The van der Waals surface area contributed by atoms with Gasteiger partial charge in [-0.1, -0.05) is 12.8 Å². The summed E-state index contributed by atoms with van der Waals surface area (Å²) in [7, 11) is 1.93. The van der Waals surface area contributed by atoms with Crippen molar-refractivity contribution >= 4 is 11.6 Å². The van der Waals surface area contributed by atoms with E-state index in [1.165, 1.54) is 25.7 Å². The highest BCUT2D eigenvalue weighted by molar-refractivity contribution is 6.20. The maximum Gasteiger partial charge on any atom is 0.0851 e. The van der Waals surface area contributed by atoms with Crippen molar-refractivity contribution in [2.75, 3.05) is 7.05 Å². The van der Waals surface area contributed by atoms with Crippen molar-refractivity contribution < 1.29 is 0 Å². The first-order valence-electron chi connectivity index (χ1n) is 3.66. The summed E-state index contributed by atoms with van der Waals surface area (Å²) < 4.78 is 0. The minimum absolute atomic E-state index is 0.215. The Kier molecular flexibility index (Phi) is 2.80. The quantitative estimate of drug-likeness (QED) is 0.465. The van der Waals surface area contributed by atoms with Gasteiger partial charge in [0.15, 0.2) is 0 Å². The highest BCUT2D eigenvalue weighted by atomic mass is 35.5. The van der Waals surface area contributed by atoms with Crippen molar-refractivity contribution in [1.29, 1.82) is 0 Å². The monoisotopic (exact) mass is 147 g/mol. The van der Waals surface area contributed by atoms with Crippen molar-refractivity contribution in [3.63, 3.8) is 0 Å². The van der Waals surface area contributed by atoms with Crippen LogP contribution in [-0.2, 0) is 0 Å². The second kappa shape index (κ2) is 3.43. The molecule has 54 valence electrons. The fourth-order valence-electron chi connectivity index (χ4n) is 1.49. The average Bonchev–Trinajstić information content (AvgIpc) is 2.37. The van der Waals surface area contributed by atoms with Crippen LogP contribution in [-0.4, -0.2) is 12.5 Å². The summed E-state index contributed by atoms with van der Waals surface area (Å²) in [6, 6.07) is 0. The molecule has 1 saturated carbocycles. The molecular weight excluding hydrogens is 134 g/mol. The maximum atomic E-state index is 5.96. The molecule has 0 saturated heterocycles. The molecule has 0 radical (unpaired) electrons. The number of hydrogen-bond acceptors (Lipinski definition) is 1. The summed E-state index contributed by atoms with van der Waals surface area (Å²) in [6.07, 6.45) is 5.37. The molecule has 1 nitrogen and oxygen atoms in total. The zero-order valence-electron chi connectivity index (χ0n) is 5.86. The third kappa shape index (κ3) is 1.84. The van der Waals surface area contributed by atoms with Crippen LogP contribution in [0.25, 0.3) is 0 Å². The molecule has 1 atom stereocenters. The molecule has 1 fully saturated rings. The third-order valence-corrected chi connectivity index (χ3v) is 2.66. The molecule has 0 bridgehead atoms. The molecule has 0 aromatic carbocycles. The van der Waals surface area contributed by atoms with Gasteiger partial charge in [-0.3, -0.25) is 0 Å². The lowest BCUT2D eigenvalue weighted by Crippen LogP contribution is -2.25. The lowest BCUT2D eigenvalue weighted by atomic mass is 10.1. The molecule has 1 aliphatic carbocycles. The first-order chi connectivity index (χ1) is 4.34. The Morgan fingerprint density at radius 2 is 2.00 bits per heavy atom. The van der Waals surface area contributed by atoms with Crippen molar-refractivity contribution in [3.05, 3.63) is 0 Å². The molecule has 1 N–H and O–H groups in total. The van der Waals surface area contributed by atoms with Crippen molar-refractivity contribution in [2.24, 2.45) is 5.92 Å². The highest BCUT2D eigenvalue weighted by Gasteiger charge is 2.21. The second-order valence-corrected chi connectivity index (χ2v) is 3.21. The number of hydrogen-bond donors (Lipinski definition) is 1. The van der Waals surface area contributed by atoms with Crippen LogP contribution in [0.2, 0.25) is 0 Å². The first-order valence-corrected chi connectivity index (χ1v) is 4.09. The molecule has 1 unspecified atom stereocenters. The van der Waals surface area contributed by atoms with Crippen LogP contribution in [0.3, 0.4) is 0 Å². The Hall–Kier alpha value is 0.250. The predicted molar refractivity (Wildman–Crippen MR) is 40.7 cm³/mol. The molecular formula is C7H14ClN. The van der Waals surface area contributed by atoms with E-state index in [1.807, 2.05) is 7.05 Å². The SMILES string of the molecule is CNC(Cl)C1CCCC1. The van der Waals surface area contributed by atoms with E-state index >= 15 is 0 Å². The van der Waals surface area contributed by atoms with E-state index in [0.717, 1.165) is 5.92 Å². The van der Waals surface area contributed by atoms with Gasteiger partial charge in [0.1, 0.15) is 0 Å². The number of nitrogens with one attached hydrogen (secondary N) is 1. The summed E-state index contributed by atoms with van der Waals surface area (Å²) >= 11 is 5.96. The fourth-order valence-corrected chi connectivity index (χ4v) is 1.74. The number of rotatable bonds is 2. The standard InChI is InChI=1S/C7H14ClN/c1-9-7(8)6-4-2-3-5-6/h6-7,9H,2-5H2,1H3. The van der Waals surface area contributed by atoms with E-state index in [9.17, 15) is 0 Å². The Bertz CT molecular complexity index is 79.0. The molecule has 0 aromatic heterocycles. The van der Waals surface area contributed by atoms with Crippen molar-refractivity contribution in [2.45, 2.75) is 31.2 Å². The minimum Gasteiger partial charge on any atom is -0.304 e.